The summed E-state index contributed by atoms with van der Waals surface area (Å²) in [4.78, 5) is 11.9. The molecule has 1 aromatic heterocycles. The fraction of sp³-hybridized carbons (Fsp3) is 0.750. The number of hydrogen-bond donors (Lipinski definition) is 1. The van der Waals surface area contributed by atoms with Crippen LogP contribution in [0.15, 0.2) is 6.20 Å². The van der Waals surface area contributed by atoms with Crippen LogP contribution >= 0.6 is 0 Å². The van der Waals surface area contributed by atoms with Crippen LogP contribution in [0.4, 0.5) is 0 Å². The molecule has 2 saturated carbocycles. The van der Waals surface area contributed by atoms with Crippen molar-refractivity contribution in [3.63, 3.8) is 0 Å². The lowest BCUT2D eigenvalue weighted by atomic mass is 9.80. The second kappa shape index (κ2) is 3.82. The van der Waals surface area contributed by atoms with Gasteiger partial charge < -0.3 is 5.32 Å². The van der Waals surface area contributed by atoms with E-state index in [4.69, 9.17) is 0 Å². The average molecular weight is 234 g/mol. The van der Waals surface area contributed by atoms with E-state index in [1.54, 1.807) is 4.68 Å². The fourth-order valence-corrected chi connectivity index (χ4v) is 2.82. The molecule has 0 saturated heterocycles. The van der Waals surface area contributed by atoms with E-state index >= 15 is 0 Å². The van der Waals surface area contributed by atoms with Gasteiger partial charge in [0.05, 0.1) is 12.2 Å². The van der Waals surface area contributed by atoms with Crippen LogP contribution in [0.1, 0.15) is 31.4 Å². The second-order valence-electron chi connectivity index (χ2n) is 5.39. The Hall–Kier alpha value is -1.39. The summed E-state index contributed by atoms with van der Waals surface area (Å²) in [7, 11) is 0. The molecule has 2 fully saturated rings. The SMILES string of the molecule is Cc1cn(CCNC(=O)C2CC23CCC3)nn1. The van der Waals surface area contributed by atoms with E-state index in [1.165, 1.54) is 19.3 Å². The van der Waals surface area contributed by atoms with Gasteiger partial charge in [-0.3, -0.25) is 9.48 Å². The summed E-state index contributed by atoms with van der Waals surface area (Å²) in [5.41, 5.74) is 1.33. The molecule has 2 aliphatic carbocycles. The van der Waals surface area contributed by atoms with Crippen molar-refractivity contribution >= 4 is 5.91 Å². The van der Waals surface area contributed by atoms with Crippen LogP contribution in [0.5, 0.6) is 0 Å². The normalized spacial score (nSPS) is 24.4. The van der Waals surface area contributed by atoms with E-state index < -0.39 is 0 Å². The van der Waals surface area contributed by atoms with Crippen LogP contribution in [0.25, 0.3) is 0 Å². The summed E-state index contributed by atoms with van der Waals surface area (Å²) in [5, 5.41) is 10.9. The zero-order valence-corrected chi connectivity index (χ0v) is 10.1. The Morgan fingerprint density at radius 2 is 2.47 bits per heavy atom. The van der Waals surface area contributed by atoms with Gasteiger partial charge in [-0.2, -0.15) is 0 Å². The first-order valence-electron chi connectivity index (χ1n) is 6.34. The van der Waals surface area contributed by atoms with Gasteiger partial charge in [0, 0.05) is 18.7 Å². The molecule has 0 aliphatic heterocycles. The molecule has 0 bridgehead atoms. The van der Waals surface area contributed by atoms with Gasteiger partial charge in [-0.15, -0.1) is 5.10 Å². The van der Waals surface area contributed by atoms with Crippen molar-refractivity contribution in [3.05, 3.63) is 11.9 Å². The molecular formula is C12H18N4O. The fourth-order valence-electron chi connectivity index (χ4n) is 2.82. The van der Waals surface area contributed by atoms with Gasteiger partial charge in [-0.1, -0.05) is 11.6 Å². The zero-order valence-electron chi connectivity index (χ0n) is 10.1. The van der Waals surface area contributed by atoms with Crippen molar-refractivity contribution in [2.75, 3.05) is 6.54 Å². The predicted octanol–water partition coefficient (Wildman–Crippen LogP) is 0.893. The lowest BCUT2D eigenvalue weighted by Gasteiger charge is -2.26. The number of hydrogen-bond acceptors (Lipinski definition) is 3. The number of aryl methyl sites for hydroxylation is 1. The first-order valence-corrected chi connectivity index (χ1v) is 6.34. The highest BCUT2D eigenvalue weighted by molar-refractivity contribution is 5.82. The summed E-state index contributed by atoms with van der Waals surface area (Å²) < 4.78 is 1.77. The Morgan fingerprint density at radius 3 is 3.00 bits per heavy atom. The highest BCUT2D eigenvalue weighted by Gasteiger charge is 2.60. The molecule has 92 valence electrons. The zero-order chi connectivity index (χ0) is 11.9. The molecule has 1 spiro atoms. The van der Waals surface area contributed by atoms with E-state index in [0.29, 0.717) is 24.4 Å². The van der Waals surface area contributed by atoms with Crippen LogP contribution in [-0.4, -0.2) is 27.4 Å². The maximum absolute atomic E-state index is 11.9. The lowest BCUT2D eigenvalue weighted by molar-refractivity contribution is -0.123. The quantitative estimate of drug-likeness (QED) is 0.841. The molecule has 5 heteroatoms. The number of aromatic nitrogens is 3. The Bertz CT molecular complexity index is 435. The van der Waals surface area contributed by atoms with Crippen molar-refractivity contribution < 1.29 is 4.79 Å². The minimum Gasteiger partial charge on any atom is -0.354 e. The third-order valence-corrected chi connectivity index (χ3v) is 4.15. The maximum Gasteiger partial charge on any atom is 0.223 e. The van der Waals surface area contributed by atoms with E-state index in [2.05, 4.69) is 15.6 Å². The standard InChI is InChI=1S/C12H18N4O/c1-9-8-16(15-14-9)6-5-13-11(17)10-7-12(10)3-2-4-12/h8,10H,2-7H2,1H3,(H,13,17). The van der Waals surface area contributed by atoms with Gasteiger partial charge in [0.25, 0.3) is 0 Å². The molecular weight excluding hydrogens is 216 g/mol. The molecule has 1 heterocycles. The Kier molecular flexibility index (Phi) is 2.42. The van der Waals surface area contributed by atoms with Crippen molar-refractivity contribution in [2.45, 2.75) is 39.2 Å². The van der Waals surface area contributed by atoms with Crippen LogP contribution in [0.3, 0.4) is 0 Å². The van der Waals surface area contributed by atoms with Crippen molar-refractivity contribution in [2.24, 2.45) is 11.3 Å². The van der Waals surface area contributed by atoms with Gasteiger partial charge >= 0.3 is 0 Å². The van der Waals surface area contributed by atoms with Gasteiger partial charge in [0.15, 0.2) is 0 Å². The third-order valence-electron chi connectivity index (χ3n) is 4.15. The largest absolute Gasteiger partial charge is 0.354 e. The predicted molar refractivity (Wildman–Crippen MR) is 62.2 cm³/mol. The monoisotopic (exact) mass is 234 g/mol. The number of nitrogens with zero attached hydrogens (tertiary/aromatic N) is 3. The number of amides is 1. The molecule has 1 amide bonds. The van der Waals surface area contributed by atoms with E-state index in [1.807, 2.05) is 13.1 Å². The van der Waals surface area contributed by atoms with Gasteiger partial charge in [0.1, 0.15) is 0 Å². The topological polar surface area (TPSA) is 59.8 Å². The molecule has 0 aromatic carbocycles. The molecule has 2 aliphatic rings. The third kappa shape index (κ3) is 1.94. The van der Waals surface area contributed by atoms with Crippen molar-refractivity contribution in [1.29, 1.82) is 0 Å². The van der Waals surface area contributed by atoms with Gasteiger partial charge in [-0.05, 0) is 31.6 Å². The highest BCUT2D eigenvalue weighted by atomic mass is 16.2. The minimum atomic E-state index is 0.238. The van der Waals surface area contributed by atoms with Crippen LogP contribution in [0.2, 0.25) is 0 Å². The molecule has 5 nitrogen and oxygen atoms in total. The van der Waals surface area contributed by atoms with E-state index in [9.17, 15) is 4.79 Å². The second-order valence-corrected chi connectivity index (χ2v) is 5.39. The molecule has 1 N–H and O–H groups in total. The number of rotatable bonds is 4. The Morgan fingerprint density at radius 1 is 1.65 bits per heavy atom. The smallest absolute Gasteiger partial charge is 0.223 e. The van der Waals surface area contributed by atoms with Crippen LogP contribution < -0.4 is 5.32 Å². The van der Waals surface area contributed by atoms with Crippen molar-refractivity contribution in [1.82, 2.24) is 20.3 Å². The van der Waals surface area contributed by atoms with Crippen LogP contribution in [0, 0.1) is 18.3 Å². The Balaban J connectivity index is 1.41. The first kappa shape index (κ1) is 10.7. The molecule has 1 atom stereocenters. The maximum atomic E-state index is 11.9. The molecule has 3 rings (SSSR count). The van der Waals surface area contributed by atoms with E-state index in [-0.39, 0.29) is 5.91 Å². The summed E-state index contributed by atoms with van der Waals surface area (Å²) in [6, 6.07) is 0. The average Bonchev–Trinajstić information content (AvgIpc) is 2.91. The van der Waals surface area contributed by atoms with Crippen LogP contribution in [-0.2, 0) is 11.3 Å². The number of carbonyl (C=O) groups is 1. The lowest BCUT2D eigenvalue weighted by Crippen LogP contribution is -2.31. The molecule has 1 unspecified atom stereocenters. The molecule has 0 radical (unpaired) electrons. The first-order chi connectivity index (χ1) is 8.20. The number of carbonyl (C=O) groups excluding carboxylic acids is 1. The summed E-state index contributed by atoms with van der Waals surface area (Å²) in [6.45, 7) is 3.26. The Labute approximate surface area is 101 Å². The summed E-state index contributed by atoms with van der Waals surface area (Å²) >= 11 is 0. The minimum absolute atomic E-state index is 0.238. The molecule has 17 heavy (non-hydrogen) atoms. The van der Waals surface area contributed by atoms with E-state index in [0.717, 1.165) is 12.1 Å². The van der Waals surface area contributed by atoms with Crippen molar-refractivity contribution in [3.8, 4) is 0 Å². The molecule has 1 aromatic rings. The summed E-state index contributed by atoms with van der Waals surface area (Å²) in [5.74, 6) is 0.537. The number of nitrogens with one attached hydrogen (secondary N) is 1. The highest BCUT2D eigenvalue weighted by Crippen LogP contribution is 2.65. The van der Waals surface area contributed by atoms with Gasteiger partial charge in [0.2, 0.25) is 5.91 Å². The van der Waals surface area contributed by atoms with Gasteiger partial charge in [-0.25, -0.2) is 0 Å². The summed E-state index contributed by atoms with van der Waals surface area (Å²) in [6.07, 6.45) is 6.82.